The molecule has 3 heterocycles. The zero-order chi connectivity index (χ0) is 30.3. The Morgan fingerprint density at radius 1 is 0.932 bits per heavy atom. The highest BCUT2D eigenvalue weighted by Gasteiger charge is 2.17. The number of phenols is 1. The van der Waals surface area contributed by atoms with Gasteiger partial charge in [-0.05, 0) is 72.9 Å². The Kier molecular flexibility index (Phi) is 9.17. The molecule has 0 amide bonds. The monoisotopic (exact) mass is 589 g/mol. The van der Waals surface area contributed by atoms with Crippen LogP contribution in [0, 0.1) is 0 Å². The number of aromatic nitrogens is 2. The first kappa shape index (κ1) is 29.4. The molecule has 2 aliphatic heterocycles. The van der Waals surface area contributed by atoms with Gasteiger partial charge in [0.05, 0.1) is 24.6 Å². The van der Waals surface area contributed by atoms with E-state index in [2.05, 4.69) is 46.0 Å². The summed E-state index contributed by atoms with van der Waals surface area (Å²) in [5.74, 6) is 0.721. The van der Waals surface area contributed by atoms with E-state index < -0.39 is 0 Å². The number of allylic oxidation sites excluding steroid dienone is 1. The van der Waals surface area contributed by atoms with Gasteiger partial charge in [-0.2, -0.15) is 0 Å². The number of hydrogen-bond acceptors (Lipinski definition) is 8. The second kappa shape index (κ2) is 13.7. The molecule has 1 aromatic heterocycles. The van der Waals surface area contributed by atoms with Crippen LogP contribution in [0.4, 0.5) is 23.0 Å². The number of morpholine rings is 1. The number of piperidine rings is 1. The van der Waals surface area contributed by atoms with Crippen LogP contribution in [-0.2, 0) is 22.4 Å². The van der Waals surface area contributed by atoms with Crippen molar-refractivity contribution in [2.45, 2.75) is 32.1 Å². The van der Waals surface area contributed by atoms with E-state index in [0.717, 1.165) is 91.6 Å². The average molecular weight is 590 g/mol. The smallest absolute Gasteiger partial charge is 0.227 e. The van der Waals surface area contributed by atoms with Gasteiger partial charge in [0, 0.05) is 67.7 Å². The van der Waals surface area contributed by atoms with E-state index in [9.17, 15) is 9.90 Å². The molecular weight excluding hydrogens is 550 g/mol. The summed E-state index contributed by atoms with van der Waals surface area (Å²) in [6.45, 7) is 8.80. The molecule has 0 unspecified atom stereocenters. The van der Waals surface area contributed by atoms with E-state index in [4.69, 9.17) is 14.7 Å². The molecule has 0 radical (unpaired) electrons. The van der Waals surface area contributed by atoms with Crippen molar-refractivity contribution in [1.29, 1.82) is 0 Å². The lowest BCUT2D eigenvalue weighted by Gasteiger charge is -2.29. The minimum Gasteiger partial charge on any atom is -0.506 e. The molecule has 44 heavy (non-hydrogen) atoms. The molecule has 2 fully saturated rings. The number of nitrogens with zero attached hydrogens (tertiary/aromatic N) is 4. The van der Waals surface area contributed by atoms with Crippen molar-refractivity contribution in [2.75, 3.05) is 54.5 Å². The summed E-state index contributed by atoms with van der Waals surface area (Å²) < 4.78 is 5.50. The van der Waals surface area contributed by atoms with Crippen LogP contribution >= 0.6 is 0 Å². The lowest BCUT2D eigenvalue weighted by molar-refractivity contribution is -0.114. The van der Waals surface area contributed by atoms with Gasteiger partial charge in [0.2, 0.25) is 5.95 Å². The van der Waals surface area contributed by atoms with Gasteiger partial charge < -0.3 is 25.0 Å². The zero-order valence-electron chi connectivity index (χ0n) is 25.0. The third kappa shape index (κ3) is 7.09. The largest absolute Gasteiger partial charge is 0.506 e. The van der Waals surface area contributed by atoms with Crippen molar-refractivity contribution in [2.24, 2.45) is 0 Å². The Labute approximate surface area is 259 Å². The Morgan fingerprint density at radius 2 is 1.73 bits per heavy atom. The fourth-order valence-electron chi connectivity index (χ4n) is 5.93. The molecule has 2 N–H and O–H groups in total. The van der Waals surface area contributed by atoms with E-state index in [1.807, 2.05) is 42.6 Å². The van der Waals surface area contributed by atoms with Crippen molar-refractivity contribution in [1.82, 2.24) is 9.97 Å². The second-order valence-corrected chi connectivity index (χ2v) is 11.4. The number of anilines is 4. The van der Waals surface area contributed by atoms with Crippen LogP contribution < -0.4 is 15.1 Å². The van der Waals surface area contributed by atoms with Crippen LogP contribution in [-0.4, -0.2) is 60.3 Å². The number of aromatic hydroxyl groups is 1. The molecule has 226 valence electrons. The predicted octanol–water partition coefficient (Wildman–Crippen LogP) is 6.31. The summed E-state index contributed by atoms with van der Waals surface area (Å²) >= 11 is 0. The number of ether oxygens (including phenoxy) is 1. The number of phenolic OH excluding ortho intramolecular Hbond substituents is 1. The van der Waals surface area contributed by atoms with Crippen LogP contribution in [0.25, 0.3) is 11.3 Å². The molecule has 8 nitrogen and oxygen atoms in total. The van der Waals surface area contributed by atoms with Crippen molar-refractivity contribution < 1.29 is 14.6 Å². The normalized spacial score (nSPS) is 15.2. The highest BCUT2D eigenvalue weighted by Crippen LogP contribution is 2.34. The first-order valence-electron chi connectivity index (χ1n) is 15.4. The van der Waals surface area contributed by atoms with Crippen molar-refractivity contribution >= 4 is 28.8 Å². The number of carbonyl (C=O) groups excluding carboxylic acids is 1. The van der Waals surface area contributed by atoms with E-state index in [1.54, 1.807) is 6.07 Å². The summed E-state index contributed by atoms with van der Waals surface area (Å²) in [4.78, 5) is 26.4. The zero-order valence-corrected chi connectivity index (χ0v) is 25.0. The van der Waals surface area contributed by atoms with Gasteiger partial charge in [-0.1, -0.05) is 36.9 Å². The molecular formula is C36H39N5O3. The summed E-state index contributed by atoms with van der Waals surface area (Å²) in [5, 5.41) is 13.9. The first-order chi connectivity index (χ1) is 21.6. The van der Waals surface area contributed by atoms with Gasteiger partial charge in [-0.15, -0.1) is 0 Å². The van der Waals surface area contributed by atoms with Gasteiger partial charge in [0.25, 0.3) is 0 Å². The Hall–Kier alpha value is -4.69. The molecule has 0 saturated carbocycles. The number of nitrogens with one attached hydrogen (secondary N) is 1. The molecule has 3 aromatic carbocycles. The molecule has 2 aliphatic rings. The number of benzene rings is 3. The lowest BCUT2D eigenvalue weighted by atomic mass is 9.98. The van der Waals surface area contributed by atoms with Crippen molar-refractivity contribution in [3.8, 4) is 17.0 Å². The molecule has 0 aliphatic carbocycles. The van der Waals surface area contributed by atoms with Gasteiger partial charge in [-0.3, -0.25) is 4.79 Å². The summed E-state index contributed by atoms with van der Waals surface area (Å²) in [7, 11) is 0. The highest BCUT2D eigenvalue weighted by atomic mass is 16.5. The van der Waals surface area contributed by atoms with E-state index >= 15 is 0 Å². The third-order valence-corrected chi connectivity index (χ3v) is 8.31. The summed E-state index contributed by atoms with van der Waals surface area (Å²) in [6, 6.07) is 22.2. The predicted molar refractivity (Wildman–Crippen MR) is 176 cm³/mol. The maximum atomic E-state index is 12.1. The molecule has 0 atom stereocenters. The third-order valence-electron chi connectivity index (χ3n) is 8.31. The second-order valence-electron chi connectivity index (χ2n) is 11.4. The standard InChI is InChI=1S/C36H39N5O3/c1-2-32(42)23-27-7-6-8-28(22-27)35-29(21-26-9-12-31(13-10-26)40-17-19-44-20-18-40)25-37-36(39-35)38-30-11-14-34(43)33(24-30)41-15-4-3-5-16-41/h2,6-14,22,24-25,43H,1,3-5,15-21,23H2,(H,37,38,39). The van der Waals surface area contributed by atoms with Crippen LogP contribution in [0.3, 0.4) is 0 Å². The minimum absolute atomic E-state index is 0.0235. The molecule has 8 heteroatoms. The van der Waals surface area contributed by atoms with Gasteiger partial charge >= 0.3 is 0 Å². The van der Waals surface area contributed by atoms with Crippen molar-refractivity contribution in [3.63, 3.8) is 0 Å². The Morgan fingerprint density at radius 3 is 2.50 bits per heavy atom. The van der Waals surface area contributed by atoms with Crippen LogP contribution in [0.1, 0.15) is 36.0 Å². The topological polar surface area (TPSA) is 90.8 Å². The SMILES string of the molecule is C=CC(=O)Cc1cccc(-c2nc(Nc3ccc(O)c(N4CCCCC4)c3)ncc2Cc2ccc(N3CCOCC3)cc2)c1. The van der Waals surface area contributed by atoms with E-state index in [-0.39, 0.29) is 11.5 Å². The molecule has 4 aromatic rings. The number of ketones is 1. The van der Waals surface area contributed by atoms with Gasteiger partial charge in [-0.25, -0.2) is 9.97 Å². The van der Waals surface area contributed by atoms with Gasteiger partial charge in [0.15, 0.2) is 5.78 Å². The van der Waals surface area contributed by atoms with Crippen LogP contribution in [0.15, 0.2) is 85.6 Å². The summed E-state index contributed by atoms with van der Waals surface area (Å²) in [5.41, 5.74) is 7.62. The van der Waals surface area contributed by atoms with Crippen molar-refractivity contribution in [3.05, 3.63) is 102 Å². The number of rotatable bonds is 10. The first-order valence-corrected chi connectivity index (χ1v) is 15.4. The Bertz CT molecular complexity index is 1610. The maximum Gasteiger partial charge on any atom is 0.227 e. The van der Waals surface area contributed by atoms with E-state index in [0.29, 0.717) is 18.8 Å². The number of carbonyl (C=O) groups is 1. The summed E-state index contributed by atoms with van der Waals surface area (Å²) in [6.07, 6.45) is 7.66. The number of hydrogen-bond donors (Lipinski definition) is 2. The quantitative estimate of drug-likeness (QED) is 0.164. The molecule has 2 saturated heterocycles. The average Bonchev–Trinajstić information content (AvgIpc) is 3.07. The highest BCUT2D eigenvalue weighted by molar-refractivity contribution is 5.91. The van der Waals surface area contributed by atoms with Gasteiger partial charge in [0.1, 0.15) is 5.75 Å². The minimum atomic E-state index is -0.0235. The maximum absolute atomic E-state index is 12.1. The van der Waals surface area contributed by atoms with Crippen LogP contribution in [0.5, 0.6) is 5.75 Å². The Balaban J connectivity index is 1.30. The molecule has 6 rings (SSSR count). The molecule has 0 spiro atoms. The van der Waals surface area contributed by atoms with Crippen LogP contribution in [0.2, 0.25) is 0 Å². The van der Waals surface area contributed by atoms with E-state index in [1.165, 1.54) is 18.2 Å². The molecule has 0 bridgehead atoms. The fourth-order valence-corrected chi connectivity index (χ4v) is 5.93. The fraction of sp³-hybridized carbons (Fsp3) is 0.306. The lowest BCUT2D eigenvalue weighted by Crippen LogP contribution is -2.36.